The molecule has 0 saturated heterocycles. The Balaban J connectivity index is 1.72. The second-order valence-electron chi connectivity index (χ2n) is 4.13. The SMILES string of the molecule is O=C(CSc1nncn1-c1ccccc1)c1ccc(Br)s1. The molecule has 0 saturated carbocycles. The number of para-hydroxylation sites is 1. The average molecular weight is 380 g/mol. The molecule has 4 nitrogen and oxygen atoms in total. The van der Waals surface area contributed by atoms with Gasteiger partial charge in [0, 0.05) is 5.69 Å². The number of ketones is 1. The molecule has 106 valence electrons. The lowest BCUT2D eigenvalue weighted by Gasteiger charge is -2.05. The summed E-state index contributed by atoms with van der Waals surface area (Å²) >= 11 is 6.20. The van der Waals surface area contributed by atoms with Crippen LogP contribution in [0.3, 0.4) is 0 Å². The van der Waals surface area contributed by atoms with Gasteiger partial charge in [-0.15, -0.1) is 21.5 Å². The predicted octanol–water partition coefficient (Wildman–Crippen LogP) is 4.07. The first kappa shape index (κ1) is 14.5. The van der Waals surface area contributed by atoms with E-state index >= 15 is 0 Å². The Hall–Kier alpha value is -1.44. The molecule has 0 aliphatic rings. The van der Waals surface area contributed by atoms with E-state index in [9.17, 15) is 4.79 Å². The highest BCUT2D eigenvalue weighted by Gasteiger charge is 2.13. The van der Waals surface area contributed by atoms with Crippen LogP contribution in [0.2, 0.25) is 0 Å². The Kier molecular flexibility index (Phi) is 4.52. The Labute approximate surface area is 138 Å². The molecular weight excluding hydrogens is 370 g/mol. The summed E-state index contributed by atoms with van der Waals surface area (Å²) in [6.45, 7) is 0. The van der Waals surface area contributed by atoms with Gasteiger partial charge in [0.15, 0.2) is 10.9 Å². The van der Waals surface area contributed by atoms with Crippen LogP contribution in [0, 0.1) is 0 Å². The van der Waals surface area contributed by atoms with Crippen LogP contribution in [0.1, 0.15) is 9.67 Å². The van der Waals surface area contributed by atoms with Crippen molar-refractivity contribution < 1.29 is 4.79 Å². The minimum atomic E-state index is 0.0957. The van der Waals surface area contributed by atoms with Gasteiger partial charge in [-0.2, -0.15) is 0 Å². The Bertz CT molecular complexity index is 754. The minimum Gasteiger partial charge on any atom is -0.292 e. The number of hydrogen-bond donors (Lipinski definition) is 0. The molecule has 0 bridgehead atoms. The highest BCUT2D eigenvalue weighted by atomic mass is 79.9. The van der Waals surface area contributed by atoms with Crippen molar-refractivity contribution in [3.63, 3.8) is 0 Å². The number of nitrogens with zero attached hydrogens (tertiary/aromatic N) is 3. The molecule has 0 N–H and O–H groups in total. The highest BCUT2D eigenvalue weighted by molar-refractivity contribution is 9.11. The molecule has 0 radical (unpaired) electrons. The molecule has 0 amide bonds. The fraction of sp³-hybridized carbons (Fsp3) is 0.0714. The summed E-state index contributed by atoms with van der Waals surface area (Å²) in [4.78, 5) is 12.9. The van der Waals surface area contributed by atoms with Crippen LogP contribution in [0.4, 0.5) is 0 Å². The van der Waals surface area contributed by atoms with Gasteiger partial charge < -0.3 is 0 Å². The van der Waals surface area contributed by atoms with E-state index in [0.29, 0.717) is 10.9 Å². The zero-order chi connectivity index (χ0) is 14.7. The third-order valence-electron chi connectivity index (χ3n) is 2.73. The maximum atomic E-state index is 12.1. The van der Waals surface area contributed by atoms with Crippen molar-refractivity contribution in [2.45, 2.75) is 5.16 Å². The van der Waals surface area contributed by atoms with Crippen molar-refractivity contribution in [1.29, 1.82) is 0 Å². The van der Waals surface area contributed by atoms with Crippen LogP contribution in [0.5, 0.6) is 0 Å². The number of halogens is 1. The number of thioether (sulfide) groups is 1. The quantitative estimate of drug-likeness (QED) is 0.495. The van der Waals surface area contributed by atoms with Crippen molar-refractivity contribution in [2.24, 2.45) is 0 Å². The van der Waals surface area contributed by atoms with E-state index in [0.717, 1.165) is 14.4 Å². The minimum absolute atomic E-state index is 0.0957. The van der Waals surface area contributed by atoms with E-state index in [-0.39, 0.29) is 5.78 Å². The van der Waals surface area contributed by atoms with Gasteiger partial charge in [0.1, 0.15) is 6.33 Å². The van der Waals surface area contributed by atoms with Crippen molar-refractivity contribution in [3.05, 3.63) is 57.5 Å². The molecule has 0 unspecified atom stereocenters. The van der Waals surface area contributed by atoms with Crippen LogP contribution in [-0.2, 0) is 0 Å². The van der Waals surface area contributed by atoms with Crippen molar-refractivity contribution in [2.75, 3.05) is 5.75 Å². The number of hydrogen-bond acceptors (Lipinski definition) is 5. The number of aromatic nitrogens is 3. The molecule has 3 aromatic rings. The number of thiophene rings is 1. The second kappa shape index (κ2) is 6.55. The van der Waals surface area contributed by atoms with Gasteiger partial charge in [-0.3, -0.25) is 9.36 Å². The lowest BCUT2D eigenvalue weighted by molar-refractivity contribution is 0.102. The second-order valence-corrected chi connectivity index (χ2v) is 7.54. The maximum Gasteiger partial charge on any atom is 0.196 e. The first-order valence-electron chi connectivity index (χ1n) is 6.11. The summed E-state index contributed by atoms with van der Waals surface area (Å²) in [6.07, 6.45) is 1.66. The summed E-state index contributed by atoms with van der Waals surface area (Å²) in [7, 11) is 0. The Morgan fingerprint density at radius 2 is 2.05 bits per heavy atom. The van der Waals surface area contributed by atoms with Crippen LogP contribution in [0.25, 0.3) is 5.69 Å². The van der Waals surface area contributed by atoms with E-state index < -0.39 is 0 Å². The largest absolute Gasteiger partial charge is 0.292 e. The predicted molar refractivity (Wildman–Crippen MR) is 88.4 cm³/mol. The first-order valence-corrected chi connectivity index (χ1v) is 8.70. The molecule has 1 aromatic carbocycles. The normalized spacial score (nSPS) is 10.7. The smallest absolute Gasteiger partial charge is 0.196 e. The van der Waals surface area contributed by atoms with Gasteiger partial charge in [0.2, 0.25) is 0 Å². The zero-order valence-corrected chi connectivity index (χ0v) is 14.0. The van der Waals surface area contributed by atoms with Crippen LogP contribution in [0.15, 0.2) is 57.7 Å². The van der Waals surface area contributed by atoms with Gasteiger partial charge in [-0.25, -0.2) is 0 Å². The number of carbonyl (C=O) groups is 1. The van der Waals surface area contributed by atoms with E-state index in [1.54, 1.807) is 6.33 Å². The molecule has 3 rings (SSSR count). The van der Waals surface area contributed by atoms with Crippen LogP contribution < -0.4 is 0 Å². The van der Waals surface area contributed by atoms with E-state index in [1.165, 1.54) is 23.1 Å². The zero-order valence-electron chi connectivity index (χ0n) is 10.8. The third kappa shape index (κ3) is 3.42. The van der Waals surface area contributed by atoms with Gasteiger partial charge >= 0.3 is 0 Å². The molecule has 21 heavy (non-hydrogen) atoms. The van der Waals surface area contributed by atoms with Crippen LogP contribution in [-0.4, -0.2) is 26.3 Å². The monoisotopic (exact) mass is 379 g/mol. The fourth-order valence-corrected chi connectivity index (χ4v) is 3.98. The van der Waals surface area contributed by atoms with Gasteiger partial charge in [-0.05, 0) is 40.2 Å². The molecule has 7 heteroatoms. The van der Waals surface area contributed by atoms with Gasteiger partial charge in [0.25, 0.3) is 0 Å². The molecule has 0 fully saturated rings. The van der Waals surface area contributed by atoms with E-state index in [2.05, 4.69) is 26.1 Å². The molecule has 0 aliphatic carbocycles. The summed E-state index contributed by atoms with van der Waals surface area (Å²) in [6, 6.07) is 13.5. The van der Waals surface area contributed by atoms with E-state index in [1.807, 2.05) is 47.0 Å². The Morgan fingerprint density at radius 3 is 2.76 bits per heavy atom. The van der Waals surface area contributed by atoms with Crippen molar-refractivity contribution in [1.82, 2.24) is 14.8 Å². The molecule has 2 heterocycles. The fourth-order valence-electron chi connectivity index (χ4n) is 1.75. The number of carbonyl (C=O) groups excluding carboxylic acids is 1. The topological polar surface area (TPSA) is 47.8 Å². The highest BCUT2D eigenvalue weighted by Crippen LogP contribution is 2.25. The van der Waals surface area contributed by atoms with Gasteiger partial charge in [-0.1, -0.05) is 30.0 Å². The standard InChI is InChI=1S/C14H10BrN3OS2/c15-13-7-6-12(21-13)11(19)8-20-14-17-16-9-18(14)10-4-2-1-3-5-10/h1-7,9H,8H2. The Morgan fingerprint density at radius 1 is 1.24 bits per heavy atom. The molecule has 2 aromatic heterocycles. The summed E-state index contributed by atoms with van der Waals surface area (Å²) < 4.78 is 2.84. The summed E-state index contributed by atoms with van der Waals surface area (Å²) in [5.41, 5.74) is 0.983. The number of rotatable bonds is 5. The summed E-state index contributed by atoms with van der Waals surface area (Å²) in [5, 5.41) is 8.72. The lowest BCUT2D eigenvalue weighted by atomic mass is 10.3. The summed E-state index contributed by atoms with van der Waals surface area (Å²) in [5.74, 6) is 0.441. The molecular formula is C14H10BrN3OS2. The maximum absolute atomic E-state index is 12.1. The lowest BCUT2D eigenvalue weighted by Crippen LogP contribution is -2.02. The first-order chi connectivity index (χ1) is 10.2. The number of benzene rings is 1. The van der Waals surface area contributed by atoms with E-state index in [4.69, 9.17) is 0 Å². The molecule has 0 atom stereocenters. The van der Waals surface area contributed by atoms with Crippen molar-refractivity contribution >= 4 is 44.8 Å². The molecule has 0 spiro atoms. The van der Waals surface area contributed by atoms with Crippen molar-refractivity contribution in [3.8, 4) is 5.69 Å². The van der Waals surface area contributed by atoms with Crippen LogP contribution >= 0.6 is 39.0 Å². The third-order valence-corrected chi connectivity index (χ3v) is 5.34. The molecule has 0 aliphatic heterocycles. The average Bonchev–Trinajstić information content (AvgIpc) is 3.14. The van der Waals surface area contributed by atoms with Gasteiger partial charge in [0.05, 0.1) is 14.4 Å². The number of Topliss-reactive ketones (excluding diaryl/α,β-unsaturated/α-hetero) is 1.